The second-order valence-corrected chi connectivity index (χ2v) is 9.43. The summed E-state index contributed by atoms with van der Waals surface area (Å²) in [6, 6.07) is 8.50. The number of piperidine rings is 3. The molecule has 4 atom stereocenters. The van der Waals surface area contributed by atoms with Crippen LogP contribution in [0.1, 0.15) is 18.5 Å². The van der Waals surface area contributed by atoms with Gasteiger partial charge in [0, 0.05) is 58.0 Å². The van der Waals surface area contributed by atoms with Gasteiger partial charge < -0.3 is 19.6 Å². The number of carbonyl (C=O) groups excluding carboxylic acids is 1. The quantitative estimate of drug-likeness (QED) is 0.665. The van der Waals surface area contributed by atoms with Crippen LogP contribution in [0.3, 0.4) is 0 Å². The molecule has 2 unspecified atom stereocenters. The molecule has 2 bridgehead atoms. The molecule has 0 spiro atoms. The molecule has 1 N–H and O–H groups in total. The number of ether oxygens (including phenoxy) is 1. The number of rotatable bonds is 7. The lowest BCUT2D eigenvalue weighted by Crippen LogP contribution is -2.60. The summed E-state index contributed by atoms with van der Waals surface area (Å²) >= 11 is 0. The van der Waals surface area contributed by atoms with E-state index in [0.29, 0.717) is 24.3 Å². The first-order valence-electron chi connectivity index (χ1n) is 12.1. The van der Waals surface area contributed by atoms with Crippen LogP contribution in [0.5, 0.6) is 5.75 Å². The van der Waals surface area contributed by atoms with Crippen molar-refractivity contribution in [3.8, 4) is 5.75 Å². The Balaban J connectivity index is 1.16. The number of amides is 1. The smallest absolute Gasteiger partial charge is 0.227 e. The van der Waals surface area contributed by atoms with E-state index < -0.39 is 0 Å². The molecular weight excluding hydrogens is 420 g/mol. The Morgan fingerprint density at radius 2 is 2.00 bits per heavy atom. The van der Waals surface area contributed by atoms with E-state index in [1.807, 2.05) is 29.1 Å². The van der Waals surface area contributed by atoms with Gasteiger partial charge in [-0.15, -0.1) is 5.10 Å². The van der Waals surface area contributed by atoms with Crippen molar-refractivity contribution in [2.24, 2.45) is 11.8 Å². The predicted molar refractivity (Wildman–Crippen MR) is 124 cm³/mol. The maximum absolute atomic E-state index is 13.5. The molecule has 6 rings (SSSR count). The number of aliphatic hydroxyl groups is 1. The maximum atomic E-state index is 13.5. The van der Waals surface area contributed by atoms with Crippen molar-refractivity contribution < 1.29 is 14.6 Å². The normalized spacial score (nSPS) is 27.1. The van der Waals surface area contributed by atoms with Crippen LogP contribution in [0, 0.1) is 11.8 Å². The summed E-state index contributed by atoms with van der Waals surface area (Å²) < 4.78 is 7.41. The first-order valence-corrected chi connectivity index (χ1v) is 12.1. The lowest BCUT2D eigenvalue weighted by molar-refractivity contribution is -0.144. The standard InChI is InChI=1S/C24H34N6O3/c1-33-23-5-3-2-4-22(23)27-9-11-28(12-10-27)24(32)21-17-29-8-6-18(21)14-20(29)16-30-15-19(7-13-31)25-26-30/h2-5,15,18,20-21,31H,6-14,16-17H2,1H3/t18?,20-,21+/m1/s1. The molecule has 1 aromatic carbocycles. The molecule has 178 valence electrons. The number of nitrogens with zero attached hydrogens (tertiary/aromatic N) is 6. The van der Waals surface area contributed by atoms with Crippen molar-refractivity contribution >= 4 is 11.6 Å². The number of aromatic nitrogens is 3. The molecule has 1 amide bonds. The van der Waals surface area contributed by atoms with Crippen molar-refractivity contribution in [3.05, 3.63) is 36.2 Å². The minimum absolute atomic E-state index is 0.0905. The average molecular weight is 455 g/mol. The molecule has 4 saturated heterocycles. The van der Waals surface area contributed by atoms with E-state index in [1.54, 1.807) is 7.11 Å². The van der Waals surface area contributed by atoms with E-state index in [-0.39, 0.29) is 12.5 Å². The molecule has 4 fully saturated rings. The molecule has 5 heterocycles. The third-order valence-electron chi connectivity index (χ3n) is 7.56. The first-order chi connectivity index (χ1) is 16.2. The first kappa shape index (κ1) is 22.2. The van der Waals surface area contributed by atoms with Gasteiger partial charge in [0.05, 0.1) is 31.0 Å². The fraction of sp³-hybridized carbons (Fsp3) is 0.625. The van der Waals surface area contributed by atoms with Gasteiger partial charge in [0.1, 0.15) is 5.75 Å². The molecule has 4 aliphatic heterocycles. The summed E-state index contributed by atoms with van der Waals surface area (Å²) in [5.41, 5.74) is 1.93. The largest absolute Gasteiger partial charge is 0.495 e. The van der Waals surface area contributed by atoms with Gasteiger partial charge in [0.25, 0.3) is 0 Å². The fourth-order valence-electron chi connectivity index (χ4n) is 5.77. The highest BCUT2D eigenvalue weighted by Crippen LogP contribution is 2.38. The summed E-state index contributed by atoms with van der Waals surface area (Å²) in [6.07, 6.45) is 4.61. The topological polar surface area (TPSA) is 87.0 Å². The lowest BCUT2D eigenvalue weighted by atomic mass is 9.75. The van der Waals surface area contributed by atoms with Gasteiger partial charge in [-0.3, -0.25) is 14.4 Å². The molecule has 9 heteroatoms. The number of hydrogen-bond acceptors (Lipinski definition) is 7. The number of carbonyl (C=O) groups is 1. The van der Waals surface area contributed by atoms with Crippen LogP contribution >= 0.6 is 0 Å². The Morgan fingerprint density at radius 1 is 1.18 bits per heavy atom. The van der Waals surface area contributed by atoms with Gasteiger partial charge in [-0.2, -0.15) is 0 Å². The van der Waals surface area contributed by atoms with E-state index in [4.69, 9.17) is 9.84 Å². The van der Waals surface area contributed by atoms with Crippen LogP contribution in [-0.4, -0.2) is 94.8 Å². The van der Waals surface area contributed by atoms with Crippen LogP contribution in [0.2, 0.25) is 0 Å². The van der Waals surface area contributed by atoms with Crippen molar-refractivity contribution in [3.63, 3.8) is 0 Å². The van der Waals surface area contributed by atoms with Crippen LogP contribution in [0.25, 0.3) is 0 Å². The van der Waals surface area contributed by atoms with Gasteiger partial charge >= 0.3 is 0 Å². The summed E-state index contributed by atoms with van der Waals surface area (Å²) in [5, 5.41) is 17.5. The van der Waals surface area contributed by atoms with Gasteiger partial charge in [0.2, 0.25) is 5.91 Å². The minimum atomic E-state index is 0.0905. The molecule has 1 aromatic heterocycles. The number of benzene rings is 1. The monoisotopic (exact) mass is 454 g/mol. The van der Waals surface area contributed by atoms with E-state index >= 15 is 0 Å². The second-order valence-electron chi connectivity index (χ2n) is 9.43. The van der Waals surface area contributed by atoms with E-state index in [1.165, 1.54) is 0 Å². The van der Waals surface area contributed by atoms with Gasteiger partial charge in [-0.25, -0.2) is 0 Å². The fourth-order valence-corrected chi connectivity index (χ4v) is 5.77. The number of piperazine rings is 1. The molecular formula is C24H34N6O3. The zero-order valence-electron chi connectivity index (χ0n) is 19.3. The van der Waals surface area contributed by atoms with Crippen LogP contribution in [0.15, 0.2) is 30.5 Å². The Morgan fingerprint density at radius 3 is 2.73 bits per heavy atom. The Labute approximate surface area is 194 Å². The summed E-state index contributed by atoms with van der Waals surface area (Å²) in [7, 11) is 1.70. The van der Waals surface area contributed by atoms with E-state index in [0.717, 1.165) is 75.8 Å². The van der Waals surface area contributed by atoms with Crippen molar-refractivity contribution in [1.82, 2.24) is 24.8 Å². The second kappa shape index (κ2) is 9.69. The van der Waals surface area contributed by atoms with E-state index in [9.17, 15) is 4.79 Å². The Bertz CT molecular complexity index is 957. The number of methoxy groups -OCH3 is 1. The molecule has 0 aliphatic carbocycles. The summed E-state index contributed by atoms with van der Waals surface area (Å²) in [6.45, 7) is 5.97. The number of hydrogen-bond donors (Lipinski definition) is 1. The molecule has 4 aliphatic rings. The minimum Gasteiger partial charge on any atom is -0.495 e. The van der Waals surface area contributed by atoms with Gasteiger partial charge in [-0.1, -0.05) is 17.3 Å². The number of para-hydroxylation sites is 2. The highest BCUT2D eigenvalue weighted by molar-refractivity contribution is 5.80. The summed E-state index contributed by atoms with van der Waals surface area (Å²) in [4.78, 5) is 20.3. The number of anilines is 1. The molecule has 33 heavy (non-hydrogen) atoms. The molecule has 0 radical (unpaired) electrons. The highest BCUT2D eigenvalue weighted by Gasteiger charge is 2.44. The third-order valence-corrected chi connectivity index (χ3v) is 7.56. The van der Waals surface area contributed by atoms with Crippen molar-refractivity contribution in [1.29, 1.82) is 0 Å². The Hall–Kier alpha value is -2.65. The maximum Gasteiger partial charge on any atom is 0.227 e. The third kappa shape index (κ3) is 4.56. The van der Waals surface area contributed by atoms with Crippen molar-refractivity contribution in [2.45, 2.75) is 31.8 Å². The van der Waals surface area contributed by atoms with E-state index in [2.05, 4.69) is 31.1 Å². The van der Waals surface area contributed by atoms with Gasteiger partial charge in [-0.05, 0) is 37.4 Å². The van der Waals surface area contributed by atoms with Crippen LogP contribution in [-0.2, 0) is 17.8 Å². The highest BCUT2D eigenvalue weighted by atomic mass is 16.5. The van der Waals surface area contributed by atoms with Gasteiger partial charge in [0.15, 0.2) is 0 Å². The van der Waals surface area contributed by atoms with Crippen molar-refractivity contribution in [2.75, 3.05) is 57.9 Å². The Kier molecular flexibility index (Phi) is 6.50. The van der Waals surface area contributed by atoms with Crippen LogP contribution < -0.4 is 9.64 Å². The number of fused-ring (bicyclic) bond motifs is 3. The zero-order chi connectivity index (χ0) is 22.8. The van der Waals surface area contributed by atoms with Crippen LogP contribution in [0.4, 0.5) is 5.69 Å². The predicted octanol–water partition coefficient (Wildman–Crippen LogP) is 0.881. The summed E-state index contributed by atoms with van der Waals surface area (Å²) in [5.74, 6) is 1.76. The SMILES string of the molecule is COc1ccccc1N1CCN(C(=O)[C@H]2CN3CCC2C[C@@H]3Cn2cc(CCO)nn2)CC1. The molecule has 9 nitrogen and oxygen atoms in total. The lowest BCUT2D eigenvalue weighted by Gasteiger charge is -2.50. The number of aliphatic hydroxyl groups excluding tert-OH is 1. The average Bonchev–Trinajstić information content (AvgIpc) is 3.31. The molecule has 0 saturated carbocycles. The molecule has 2 aromatic rings. The zero-order valence-corrected chi connectivity index (χ0v) is 19.3.